The third-order valence-electron chi connectivity index (χ3n) is 6.24. The number of aromatic hydroxyl groups is 1. The van der Waals surface area contributed by atoms with Crippen molar-refractivity contribution in [2.24, 2.45) is 11.8 Å². The SMILES string of the molecule is C=CC[C@H]1C[C@]2(OC)[C@H](C)[C@@H](c3ccc(O)c(OC)c3)O[C@]2(OC)CC1=O. The van der Waals surface area contributed by atoms with E-state index in [1.807, 2.05) is 0 Å². The van der Waals surface area contributed by atoms with Crippen molar-refractivity contribution in [1.29, 1.82) is 0 Å². The van der Waals surface area contributed by atoms with Crippen LogP contribution in [0.1, 0.15) is 37.9 Å². The summed E-state index contributed by atoms with van der Waals surface area (Å²) in [4.78, 5) is 12.7. The molecule has 0 amide bonds. The van der Waals surface area contributed by atoms with Crippen LogP contribution in [0.4, 0.5) is 0 Å². The molecule has 6 nitrogen and oxygen atoms in total. The van der Waals surface area contributed by atoms with Crippen molar-refractivity contribution in [3.05, 3.63) is 36.4 Å². The van der Waals surface area contributed by atoms with Gasteiger partial charge in [0, 0.05) is 26.1 Å². The zero-order valence-corrected chi connectivity index (χ0v) is 16.4. The minimum Gasteiger partial charge on any atom is -0.504 e. The van der Waals surface area contributed by atoms with Gasteiger partial charge in [-0.1, -0.05) is 19.1 Å². The molecule has 0 unspecified atom stereocenters. The molecule has 1 heterocycles. The smallest absolute Gasteiger partial charge is 0.205 e. The lowest BCUT2D eigenvalue weighted by molar-refractivity contribution is -0.298. The maximum atomic E-state index is 12.7. The fourth-order valence-corrected chi connectivity index (χ4v) is 4.75. The summed E-state index contributed by atoms with van der Waals surface area (Å²) in [6.45, 7) is 5.83. The number of carbonyl (C=O) groups is 1. The number of carbonyl (C=O) groups excluding carboxylic acids is 1. The van der Waals surface area contributed by atoms with E-state index in [-0.39, 0.29) is 35.9 Å². The van der Waals surface area contributed by atoms with Gasteiger partial charge in [0.1, 0.15) is 11.4 Å². The van der Waals surface area contributed by atoms with Crippen molar-refractivity contribution in [2.75, 3.05) is 21.3 Å². The van der Waals surface area contributed by atoms with E-state index in [1.54, 1.807) is 38.5 Å². The van der Waals surface area contributed by atoms with Crippen molar-refractivity contribution in [3.8, 4) is 11.5 Å². The number of allylic oxidation sites excluding steroid dienone is 1. The fraction of sp³-hybridized carbons (Fsp3) is 0.571. The first-order valence-corrected chi connectivity index (χ1v) is 9.16. The first-order chi connectivity index (χ1) is 12.9. The number of hydrogen-bond donors (Lipinski definition) is 1. The zero-order valence-electron chi connectivity index (χ0n) is 16.4. The monoisotopic (exact) mass is 376 g/mol. The van der Waals surface area contributed by atoms with Gasteiger partial charge in [0.05, 0.1) is 19.6 Å². The molecule has 1 N–H and O–H groups in total. The van der Waals surface area contributed by atoms with E-state index in [0.717, 1.165) is 5.56 Å². The summed E-state index contributed by atoms with van der Waals surface area (Å²) >= 11 is 0. The van der Waals surface area contributed by atoms with Crippen molar-refractivity contribution in [3.63, 3.8) is 0 Å². The number of rotatable bonds is 6. The average Bonchev–Trinajstić information content (AvgIpc) is 2.92. The highest BCUT2D eigenvalue weighted by atomic mass is 16.7. The quantitative estimate of drug-likeness (QED) is 0.767. The molecular weight excluding hydrogens is 348 g/mol. The van der Waals surface area contributed by atoms with Gasteiger partial charge < -0.3 is 24.1 Å². The molecule has 2 fully saturated rings. The molecule has 27 heavy (non-hydrogen) atoms. The van der Waals surface area contributed by atoms with Crippen LogP contribution in [-0.4, -0.2) is 43.6 Å². The summed E-state index contributed by atoms with van der Waals surface area (Å²) in [5.74, 6) is -0.862. The van der Waals surface area contributed by atoms with Crippen molar-refractivity contribution < 1.29 is 28.8 Å². The van der Waals surface area contributed by atoms with Gasteiger partial charge in [0.15, 0.2) is 11.5 Å². The Morgan fingerprint density at radius 1 is 1.33 bits per heavy atom. The summed E-state index contributed by atoms with van der Waals surface area (Å²) in [6.07, 6.45) is 2.65. The number of methoxy groups -OCH3 is 3. The standard InChI is InChI=1S/C21H28O6/c1-6-7-15-11-20(25-4)13(2)19(27-21(20,26-5)12-17(15)23)14-8-9-16(22)18(10-14)24-3/h6,8-10,13,15,19,22H,1,7,11-12H2,2-5H3/t13-,15+,19+,20+,21-/m1/s1. The fourth-order valence-electron chi connectivity index (χ4n) is 4.75. The molecule has 1 saturated heterocycles. The van der Waals surface area contributed by atoms with E-state index in [0.29, 0.717) is 18.6 Å². The van der Waals surface area contributed by atoms with Crippen LogP contribution in [0.5, 0.6) is 11.5 Å². The van der Waals surface area contributed by atoms with E-state index >= 15 is 0 Å². The van der Waals surface area contributed by atoms with Gasteiger partial charge >= 0.3 is 0 Å². The molecular formula is C21H28O6. The molecule has 2 aliphatic rings. The number of ether oxygens (including phenoxy) is 4. The normalized spacial score (nSPS) is 35.7. The summed E-state index contributed by atoms with van der Waals surface area (Å²) < 4.78 is 23.5. The van der Waals surface area contributed by atoms with Gasteiger partial charge in [0.25, 0.3) is 0 Å². The summed E-state index contributed by atoms with van der Waals surface area (Å²) in [5.41, 5.74) is 0.0752. The molecule has 0 bridgehead atoms. The predicted octanol–water partition coefficient (Wildman–Crippen LogP) is 3.39. The number of ketones is 1. The number of hydrogen-bond acceptors (Lipinski definition) is 6. The first-order valence-electron chi connectivity index (χ1n) is 9.16. The van der Waals surface area contributed by atoms with E-state index in [4.69, 9.17) is 18.9 Å². The van der Waals surface area contributed by atoms with Gasteiger partial charge in [-0.2, -0.15) is 0 Å². The minimum atomic E-state index is -1.15. The summed E-state index contributed by atoms with van der Waals surface area (Å²) in [6, 6.07) is 5.13. The first kappa shape index (κ1) is 19.9. The lowest BCUT2D eigenvalue weighted by atomic mass is 9.66. The average molecular weight is 376 g/mol. The lowest BCUT2D eigenvalue weighted by Crippen LogP contribution is -2.62. The highest BCUT2D eigenvalue weighted by Crippen LogP contribution is 2.59. The van der Waals surface area contributed by atoms with Gasteiger partial charge in [0.2, 0.25) is 5.79 Å². The molecule has 1 aliphatic heterocycles. The van der Waals surface area contributed by atoms with Crippen molar-refractivity contribution in [2.45, 2.75) is 43.7 Å². The Balaban J connectivity index is 2.05. The summed E-state index contributed by atoms with van der Waals surface area (Å²) in [5, 5.41) is 9.90. The van der Waals surface area contributed by atoms with Gasteiger partial charge in [-0.25, -0.2) is 0 Å². The Morgan fingerprint density at radius 3 is 2.67 bits per heavy atom. The maximum Gasteiger partial charge on any atom is 0.205 e. The Hall–Kier alpha value is -1.89. The van der Waals surface area contributed by atoms with Crippen molar-refractivity contribution >= 4 is 5.78 Å². The van der Waals surface area contributed by atoms with Crippen LogP contribution in [0.3, 0.4) is 0 Å². The molecule has 0 radical (unpaired) electrons. The van der Waals surface area contributed by atoms with Gasteiger partial charge in [-0.05, 0) is 30.5 Å². The Kier molecular flexibility index (Phi) is 5.34. The number of phenols is 1. The van der Waals surface area contributed by atoms with Crippen LogP contribution >= 0.6 is 0 Å². The number of benzene rings is 1. The van der Waals surface area contributed by atoms with E-state index in [2.05, 4.69) is 13.5 Å². The zero-order chi connectivity index (χ0) is 19.8. The van der Waals surface area contributed by atoms with Crippen LogP contribution in [0.15, 0.2) is 30.9 Å². The predicted molar refractivity (Wildman–Crippen MR) is 99.7 cm³/mol. The lowest BCUT2D eigenvalue weighted by Gasteiger charge is -2.48. The molecule has 0 aromatic heterocycles. The van der Waals surface area contributed by atoms with Crippen molar-refractivity contribution in [1.82, 2.24) is 0 Å². The van der Waals surface area contributed by atoms with E-state index in [9.17, 15) is 9.90 Å². The second-order valence-electron chi connectivity index (χ2n) is 7.38. The van der Waals surface area contributed by atoms with Gasteiger partial charge in [-0.15, -0.1) is 6.58 Å². The second kappa shape index (κ2) is 7.26. The highest BCUT2D eigenvalue weighted by molar-refractivity contribution is 5.83. The van der Waals surface area contributed by atoms with E-state index in [1.165, 1.54) is 7.11 Å². The van der Waals surface area contributed by atoms with Crippen LogP contribution in [0.2, 0.25) is 0 Å². The molecule has 5 atom stereocenters. The van der Waals surface area contributed by atoms with Crippen LogP contribution in [0, 0.1) is 11.8 Å². The minimum absolute atomic E-state index is 0.0634. The van der Waals surface area contributed by atoms with Crippen LogP contribution in [-0.2, 0) is 19.0 Å². The Bertz CT molecular complexity index is 731. The molecule has 1 aromatic carbocycles. The largest absolute Gasteiger partial charge is 0.504 e. The molecule has 1 aromatic rings. The highest BCUT2D eigenvalue weighted by Gasteiger charge is 2.69. The van der Waals surface area contributed by atoms with E-state index < -0.39 is 11.4 Å². The third-order valence-corrected chi connectivity index (χ3v) is 6.24. The number of fused-ring (bicyclic) bond motifs is 1. The number of Topliss-reactive ketones (excluding diaryl/α,β-unsaturated/α-hetero) is 1. The molecule has 1 saturated carbocycles. The molecule has 3 rings (SSSR count). The van der Waals surface area contributed by atoms with Crippen LogP contribution in [0.25, 0.3) is 0 Å². The third kappa shape index (κ3) is 2.87. The maximum absolute atomic E-state index is 12.7. The molecule has 1 aliphatic carbocycles. The molecule has 0 spiro atoms. The van der Waals surface area contributed by atoms with Gasteiger partial charge in [-0.3, -0.25) is 4.79 Å². The molecule has 148 valence electrons. The second-order valence-corrected chi connectivity index (χ2v) is 7.38. The Labute approximate surface area is 160 Å². The molecule has 6 heteroatoms. The topological polar surface area (TPSA) is 74.2 Å². The summed E-state index contributed by atoms with van der Waals surface area (Å²) in [7, 11) is 4.71. The number of phenolic OH excluding ortho intramolecular Hbond substituents is 1. The van der Waals surface area contributed by atoms with Crippen LogP contribution < -0.4 is 4.74 Å². The Morgan fingerprint density at radius 2 is 2.07 bits per heavy atom.